The second-order valence-corrected chi connectivity index (χ2v) is 3.39. The van der Waals surface area contributed by atoms with Crippen molar-refractivity contribution in [2.75, 3.05) is 0 Å². The Labute approximate surface area is 95.9 Å². The number of ether oxygens (including phenoxy) is 2. The fourth-order valence-electron chi connectivity index (χ4n) is 0.758. The van der Waals surface area contributed by atoms with Crippen molar-refractivity contribution in [3.63, 3.8) is 0 Å². The van der Waals surface area contributed by atoms with E-state index in [0.29, 0.717) is 18.4 Å². The number of esters is 2. The SMILES string of the molecule is C=C(C)C(=O)OC(CC)OC(=O)C(=C)CC. The second-order valence-electron chi connectivity index (χ2n) is 3.39. The third-order valence-electron chi connectivity index (χ3n) is 1.87. The first kappa shape index (κ1) is 14.4. The first-order valence-corrected chi connectivity index (χ1v) is 5.17. The van der Waals surface area contributed by atoms with Gasteiger partial charge in [0.2, 0.25) is 6.29 Å². The summed E-state index contributed by atoms with van der Waals surface area (Å²) in [5, 5.41) is 0. The molecule has 4 nitrogen and oxygen atoms in total. The van der Waals surface area contributed by atoms with Crippen molar-refractivity contribution >= 4 is 11.9 Å². The second kappa shape index (κ2) is 6.82. The number of rotatable bonds is 6. The molecule has 0 aromatic carbocycles. The highest BCUT2D eigenvalue weighted by Crippen LogP contribution is 2.08. The number of carbonyl (C=O) groups is 2. The Morgan fingerprint density at radius 1 is 1.12 bits per heavy atom. The van der Waals surface area contributed by atoms with Gasteiger partial charge in [0, 0.05) is 17.6 Å². The lowest BCUT2D eigenvalue weighted by Crippen LogP contribution is -2.24. The Morgan fingerprint density at radius 3 is 2.00 bits per heavy atom. The molecule has 0 saturated carbocycles. The summed E-state index contributed by atoms with van der Waals surface area (Å²) in [6, 6.07) is 0. The van der Waals surface area contributed by atoms with Gasteiger partial charge in [-0.3, -0.25) is 0 Å². The summed E-state index contributed by atoms with van der Waals surface area (Å²) in [5.74, 6) is -1.11. The predicted molar refractivity (Wildman–Crippen MR) is 60.5 cm³/mol. The van der Waals surface area contributed by atoms with Crippen molar-refractivity contribution in [2.45, 2.75) is 39.9 Å². The highest BCUT2D eigenvalue weighted by atomic mass is 16.7. The van der Waals surface area contributed by atoms with Gasteiger partial charge in [0.15, 0.2) is 0 Å². The molecule has 0 aromatic rings. The standard InChI is InChI=1S/C12H18O4/c1-6-9(5)12(14)16-10(7-2)15-11(13)8(3)4/h10H,3,5-7H2,1-2,4H3. The van der Waals surface area contributed by atoms with Gasteiger partial charge in [0.25, 0.3) is 0 Å². The minimum atomic E-state index is -0.875. The molecule has 1 unspecified atom stereocenters. The number of hydrogen-bond acceptors (Lipinski definition) is 4. The van der Waals surface area contributed by atoms with Crippen molar-refractivity contribution in [3.8, 4) is 0 Å². The quantitative estimate of drug-likeness (QED) is 0.396. The lowest BCUT2D eigenvalue weighted by Gasteiger charge is -2.17. The Balaban J connectivity index is 4.31. The van der Waals surface area contributed by atoms with Gasteiger partial charge in [-0.2, -0.15) is 0 Å². The molecule has 0 heterocycles. The van der Waals surface area contributed by atoms with Crippen molar-refractivity contribution in [1.82, 2.24) is 0 Å². The maximum absolute atomic E-state index is 11.4. The Morgan fingerprint density at radius 2 is 1.62 bits per heavy atom. The first-order chi connectivity index (χ1) is 7.42. The summed E-state index contributed by atoms with van der Waals surface area (Å²) in [4.78, 5) is 22.6. The van der Waals surface area contributed by atoms with E-state index in [4.69, 9.17) is 9.47 Å². The van der Waals surface area contributed by atoms with E-state index < -0.39 is 18.2 Å². The molecular formula is C12H18O4. The summed E-state index contributed by atoms with van der Waals surface area (Å²) < 4.78 is 9.85. The lowest BCUT2D eigenvalue weighted by molar-refractivity contribution is -0.182. The Kier molecular flexibility index (Phi) is 6.15. The zero-order valence-electron chi connectivity index (χ0n) is 10.0. The van der Waals surface area contributed by atoms with Crippen molar-refractivity contribution in [3.05, 3.63) is 24.3 Å². The van der Waals surface area contributed by atoms with Gasteiger partial charge in [-0.05, 0) is 13.3 Å². The maximum atomic E-state index is 11.4. The fraction of sp³-hybridized carbons (Fsp3) is 0.500. The molecule has 0 amide bonds. The molecule has 90 valence electrons. The van der Waals surface area contributed by atoms with Crippen LogP contribution < -0.4 is 0 Å². The highest BCUT2D eigenvalue weighted by molar-refractivity contribution is 5.88. The molecule has 0 N–H and O–H groups in total. The van der Waals surface area contributed by atoms with Crippen molar-refractivity contribution in [1.29, 1.82) is 0 Å². The van der Waals surface area contributed by atoms with E-state index in [9.17, 15) is 9.59 Å². The van der Waals surface area contributed by atoms with Crippen LogP contribution in [0.15, 0.2) is 24.3 Å². The molecular weight excluding hydrogens is 208 g/mol. The molecule has 0 rings (SSSR count). The summed E-state index contributed by atoms with van der Waals surface area (Å²) in [6.07, 6.45) is 0.0193. The molecule has 0 aromatic heterocycles. The first-order valence-electron chi connectivity index (χ1n) is 5.17. The molecule has 0 aliphatic rings. The van der Waals surface area contributed by atoms with Gasteiger partial charge in [-0.25, -0.2) is 9.59 Å². The zero-order chi connectivity index (χ0) is 12.7. The fourth-order valence-corrected chi connectivity index (χ4v) is 0.758. The van der Waals surface area contributed by atoms with Crippen LogP contribution in [0.5, 0.6) is 0 Å². The van der Waals surface area contributed by atoms with Gasteiger partial charge in [-0.15, -0.1) is 0 Å². The third-order valence-corrected chi connectivity index (χ3v) is 1.87. The van der Waals surface area contributed by atoms with Crippen LogP contribution in [0.3, 0.4) is 0 Å². The van der Waals surface area contributed by atoms with E-state index in [1.54, 1.807) is 13.8 Å². The lowest BCUT2D eigenvalue weighted by atomic mass is 10.2. The van der Waals surface area contributed by atoms with Gasteiger partial charge in [0.05, 0.1) is 0 Å². The average molecular weight is 226 g/mol. The van der Waals surface area contributed by atoms with Crippen LogP contribution in [-0.2, 0) is 19.1 Å². The largest absolute Gasteiger partial charge is 0.422 e. The van der Waals surface area contributed by atoms with Crippen LogP contribution in [0.25, 0.3) is 0 Å². The highest BCUT2D eigenvalue weighted by Gasteiger charge is 2.18. The summed E-state index contributed by atoms with van der Waals surface area (Å²) in [7, 11) is 0. The molecule has 16 heavy (non-hydrogen) atoms. The van der Waals surface area contributed by atoms with E-state index in [0.717, 1.165) is 0 Å². The minimum absolute atomic E-state index is 0.267. The Hall–Kier alpha value is -1.58. The van der Waals surface area contributed by atoms with Crippen LogP contribution in [0.2, 0.25) is 0 Å². The van der Waals surface area contributed by atoms with Crippen molar-refractivity contribution < 1.29 is 19.1 Å². The molecule has 0 spiro atoms. The molecule has 4 heteroatoms. The van der Waals surface area contributed by atoms with Crippen LogP contribution in [0, 0.1) is 0 Å². The normalized spacial score (nSPS) is 11.4. The molecule has 0 aliphatic heterocycles. The average Bonchev–Trinajstić information content (AvgIpc) is 2.26. The summed E-state index contributed by atoms with van der Waals surface area (Å²) >= 11 is 0. The zero-order valence-corrected chi connectivity index (χ0v) is 10.0. The van der Waals surface area contributed by atoms with Crippen LogP contribution >= 0.6 is 0 Å². The Bertz CT molecular complexity index is 304. The van der Waals surface area contributed by atoms with E-state index >= 15 is 0 Å². The van der Waals surface area contributed by atoms with Crippen LogP contribution in [0.4, 0.5) is 0 Å². The predicted octanol–water partition coefficient (Wildman–Crippen LogP) is 2.35. The van der Waals surface area contributed by atoms with E-state index in [1.165, 1.54) is 6.92 Å². The summed E-state index contributed by atoms with van der Waals surface area (Å²) in [6.45, 7) is 12.1. The molecule has 0 bridgehead atoms. The molecule has 0 saturated heterocycles. The van der Waals surface area contributed by atoms with Crippen LogP contribution in [-0.4, -0.2) is 18.2 Å². The number of hydrogen-bond donors (Lipinski definition) is 0. The minimum Gasteiger partial charge on any atom is -0.422 e. The maximum Gasteiger partial charge on any atom is 0.336 e. The van der Waals surface area contributed by atoms with E-state index in [-0.39, 0.29) is 5.57 Å². The van der Waals surface area contributed by atoms with Gasteiger partial charge in [0.1, 0.15) is 0 Å². The monoisotopic (exact) mass is 226 g/mol. The van der Waals surface area contributed by atoms with Crippen LogP contribution in [0.1, 0.15) is 33.6 Å². The molecule has 0 aliphatic carbocycles. The van der Waals surface area contributed by atoms with E-state index in [2.05, 4.69) is 13.2 Å². The molecule has 1 atom stereocenters. The molecule has 0 fully saturated rings. The molecule has 0 radical (unpaired) electrons. The summed E-state index contributed by atoms with van der Waals surface area (Å²) in [5.41, 5.74) is 0.619. The third kappa shape index (κ3) is 4.77. The topological polar surface area (TPSA) is 52.6 Å². The smallest absolute Gasteiger partial charge is 0.336 e. The van der Waals surface area contributed by atoms with Gasteiger partial charge >= 0.3 is 11.9 Å². The number of carbonyl (C=O) groups excluding carboxylic acids is 2. The van der Waals surface area contributed by atoms with E-state index in [1.807, 2.05) is 0 Å². The van der Waals surface area contributed by atoms with Gasteiger partial charge in [-0.1, -0.05) is 27.0 Å². The van der Waals surface area contributed by atoms with Crippen molar-refractivity contribution in [2.24, 2.45) is 0 Å². The van der Waals surface area contributed by atoms with Gasteiger partial charge < -0.3 is 9.47 Å².